The van der Waals surface area contributed by atoms with Crippen LogP contribution in [0.1, 0.15) is 18.1 Å². The molecule has 110 valence electrons. The zero-order valence-corrected chi connectivity index (χ0v) is 10.8. The molecule has 0 spiro atoms. The predicted molar refractivity (Wildman–Crippen MR) is 67.9 cm³/mol. The quantitative estimate of drug-likeness (QED) is 0.851. The summed E-state index contributed by atoms with van der Waals surface area (Å²) in [4.78, 5) is 11.6. The summed E-state index contributed by atoms with van der Waals surface area (Å²) in [6.45, 7) is 1.53. The molecule has 0 radical (unpaired) electrons. The van der Waals surface area contributed by atoms with Gasteiger partial charge in [-0.15, -0.1) is 5.10 Å². The van der Waals surface area contributed by atoms with Crippen LogP contribution >= 0.6 is 0 Å². The van der Waals surface area contributed by atoms with E-state index >= 15 is 0 Å². The van der Waals surface area contributed by atoms with Crippen LogP contribution in [0, 0.1) is 0 Å². The Balaban J connectivity index is 2.17. The number of carbonyl (C=O) groups excluding carboxylic acids is 1. The summed E-state index contributed by atoms with van der Waals surface area (Å²) < 4.78 is 37.9. The van der Waals surface area contributed by atoms with Gasteiger partial charge < -0.3 is 0 Å². The predicted octanol–water partition coefficient (Wildman–Crippen LogP) is 2.26. The van der Waals surface area contributed by atoms with Gasteiger partial charge in [0.25, 0.3) is 11.9 Å². The van der Waals surface area contributed by atoms with Gasteiger partial charge in [-0.2, -0.15) is 18.4 Å². The van der Waals surface area contributed by atoms with Crippen LogP contribution < -0.4 is 5.32 Å². The van der Waals surface area contributed by atoms with Gasteiger partial charge in [-0.1, -0.05) is 17.2 Å². The Bertz CT molecular complexity index is 664. The van der Waals surface area contributed by atoms with Crippen LogP contribution in [-0.4, -0.2) is 26.5 Å². The van der Waals surface area contributed by atoms with E-state index in [0.29, 0.717) is 11.1 Å². The average molecular weight is 297 g/mol. The van der Waals surface area contributed by atoms with Gasteiger partial charge in [0.2, 0.25) is 0 Å². The van der Waals surface area contributed by atoms with Crippen molar-refractivity contribution in [3.8, 4) is 0 Å². The van der Waals surface area contributed by atoms with E-state index in [1.165, 1.54) is 19.1 Å². The SMILES string of the molecule is C/C(=C/C(=O)Nc1nn[nH]n1)c1cccc(C(F)(F)F)c1. The molecule has 1 heterocycles. The fourth-order valence-corrected chi connectivity index (χ4v) is 1.58. The minimum atomic E-state index is -4.43. The summed E-state index contributed by atoms with van der Waals surface area (Å²) in [6, 6.07) is 4.72. The number of aromatic amines is 1. The Morgan fingerprint density at radius 3 is 2.76 bits per heavy atom. The Morgan fingerprint density at radius 2 is 2.14 bits per heavy atom. The number of alkyl halides is 3. The van der Waals surface area contributed by atoms with Crippen molar-refractivity contribution in [3.05, 3.63) is 41.5 Å². The molecule has 6 nitrogen and oxygen atoms in total. The molecule has 0 saturated heterocycles. The fraction of sp³-hybridized carbons (Fsp3) is 0.167. The monoisotopic (exact) mass is 297 g/mol. The van der Waals surface area contributed by atoms with Crippen LogP contribution in [0.3, 0.4) is 0 Å². The van der Waals surface area contributed by atoms with E-state index < -0.39 is 17.6 Å². The van der Waals surface area contributed by atoms with E-state index in [-0.39, 0.29) is 5.95 Å². The number of nitrogens with one attached hydrogen (secondary N) is 2. The van der Waals surface area contributed by atoms with E-state index in [0.717, 1.165) is 18.2 Å². The van der Waals surface area contributed by atoms with Crippen molar-refractivity contribution in [1.82, 2.24) is 20.6 Å². The second-order valence-corrected chi connectivity index (χ2v) is 4.13. The molecule has 2 N–H and O–H groups in total. The van der Waals surface area contributed by atoms with E-state index in [9.17, 15) is 18.0 Å². The highest BCUT2D eigenvalue weighted by molar-refractivity contribution is 6.02. The number of amides is 1. The van der Waals surface area contributed by atoms with Gasteiger partial charge in [-0.05, 0) is 35.4 Å². The number of aromatic nitrogens is 4. The second kappa shape index (κ2) is 5.73. The van der Waals surface area contributed by atoms with Gasteiger partial charge in [-0.25, -0.2) is 0 Å². The van der Waals surface area contributed by atoms with Crippen molar-refractivity contribution < 1.29 is 18.0 Å². The minimum absolute atomic E-state index is 0.0203. The number of allylic oxidation sites excluding steroid dienone is 1. The third kappa shape index (κ3) is 3.88. The van der Waals surface area contributed by atoms with Crippen molar-refractivity contribution in [3.63, 3.8) is 0 Å². The lowest BCUT2D eigenvalue weighted by Gasteiger charge is -2.08. The molecule has 0 atom stereocenters. The molecule has 1 amide bonds. The van der Waals surface area contributed by atoms with Crippen LogP contribution in [0.5, 0.6) is 0 Å². The first kappa shape index (κ1) is 14.7. The fourth-order valence-electron chi connectivity index (χ4n) is 1.58. The molecule has 0 aliphatic heterocycles. The van der Waals surface area contributed by atoms with E-state index in [4.69, 9.17) is 0 Å². The number of H-pyrrole nitrogens is 1. The van der Waals surface area contributed by atoms with Crippen LogP contribution in [0.15, 0.2) is 30.3 Å². The number of tetrazole rings is 1. The van der Waals surface area contributed by atoms with Gasteiger partial charge in [0.15, 0.2) is 0 Å². The molecule has 21 heavy (non-hydrogen) atoms. The topological polar surface area (TPSA) is 83.6 Å². The van der Waals surface area contributed by atoms with Crippen molar-refractivity contribution in [2.75, 3.05) is 5.32 Å². The molecule has 1 aromatic carbocycles. The zero-order valence-electron chi connectivity index (χ0n) is 10.8. The first-order valence-electron chi connectivity index (χ1n) is 5.76. The standard InChI is InChI=1S/C12H10F3N5O/c1-7(5-10(21)16-11-17-19-20-18-11)8-3-2-4-9(6-8)12(13,14)15/h2-6H,1H3,(H2,16,17,18,19,20,21)/b7-5-. The molecule has 0 aliphatic rings. The zero-order chi connectivity index (χ0) is 15.5. The Kier molecular flexibility index (Phi) is 4.01. The molecule has 0 unspecified atom stereocenters. The Morgan fingerprint density at radius 1 is 1.38 bits per heavy atom. The number of halogens is 3. The van der Waals surface area contributed by atoms with Crippen molar-refractivity contribution in [2.24, 2.45) is 0 Å². The maximum Gasteiger partial charge on any atom is 0.416 e. The number of carbonyl (C=O) groups is 1. The molecular weight excluding hydrogens is 287 g/mol. The van der Waals surface area contributed by atoms with Gasteiger partial charge in [-0.3, -0.25) is 10.1 Å². The second-order valence-electron chi connectivity index (χ2n) is 4.13. The summed E-state index contributed by atoms with van der Waals surface area (Å²) in [7, 11) is 0. The van der Waals surface area contributed by atoms with Crippen LogP contribution in [0.25, 0.3) is 5.57 Å². The molecule has 0 fully saturated rings. The maximum atomic E-state index is 12.6. The minimum Gasteiger partial charge on any atom is -0.288 e. The van der Waals surface area contributed by atoms with Crippen molar-refractivity contribution in [2.45, 2.75) is 13.1 Å². The molecular formula is C12H10F3N5O. The third-order valence-electron chi connectivity index (χ3n) is 2.57. The largest absolute Gasteiger partial charge is 0.416 e. The molecule has 2 aromatic rings. The number of anilines is 1. The summed E-state index contributed by atoms with van der Waals surface area (Å²) >= 11 is 0. The lowest BCUT2D eigenvalue weighted by Crippen LogP contribution is -2.10. The van der Waals surface area contributed by atoms with Gasteiger partial charge in [0.1, 0.15) is 0 Å². The Hall–Kier alpha value is -2.71. The maximum absolute atomic E-state index is 12.6. The average Bonchev–Trinajstić information content (AvgIpc) is 2.90. The van der Waals surface area contributed by atoms with Gasteiger partial charge in [0.05, 0.1) is 5.56 Å². The lowest BCUT2D eigenvalue weighted by molar-refractivity contribution is -0.137. The molecule has 1 aromatic heterocycles. The van der Waals surface area contributed by atoms with Crippen LogP contribution in [-0.2, 0) is 11.0 Å². The highest BCUT2D eigenvalue weighted by Gasteiger charge is 2.30. The van der Waals surface area contributed by atoms with E-state index in [1.807, 2.05) is 0 Å². The number of hydrogen-bond donors (Lipinski definition) is 2. The summed E-state index contributed by atoms with van der Waals surface area (Å²) in [5, 5.41) is 14.8. The van der Waals surface area contributed by atoms with Gasteiger partial charge >= 0.3 is 6.18 Å². The summed E-state index contributed by atoms with van der Waals surface area (Å²) in [6.07, 6.45) is -3.27. The smallest absolute Gasteiger partial charge is 0.288 e. The van der Waals surface area contributed by atoms with Crippen LogP contribution in [0.4, 0.5) is 19.1 Å². The van der Waals surface area contributed by atoms with Crippen molar-refractivity contribution >= 4 is 17.4 Å². The van der Waals surface area contributed by atoms with Crippen molar-refractivity contribution in [1.29, 1.82) is 0 Å². The highest BCUT2D eigenvalue weighted by atomic mass is 19.4. The van der Waals surface area contributed by atoms with E-state index in [2.05, 4.69) is 25.9 Å². The lowest BCUT2D eigenvalue weighted by atomic mass is 10.0. The molecule has 0 saturated carbocycles. The summed E-state index contributed by atoms with van der Waals surface area (Å²) in [5.74, 6) is -0.584. The first-order chi connectivity index (χ1) is 9.86. The number of hydrogen-bond acceptors (Lipinski definition) is 4. The first-order valence-corrected chi connectivity index (χ1v) is 5.76. The Labute approximate surface area is 117 Å². The number of rotatable bonds is 3. The van der Waals surface area contributed by atoms with Gasteiger partial charge in [0, 0.05) is 6.08 Å². The number of nitrogens with zero attached hydrogens (tertiary/aromatic N) is 3. The molecule has 0 bridgehead atoms. The van der Waals surface area contributed by atoms with E-state index in [1.54, 1.807) is 0 Å². The normalized spacial score (nSPS) is 12.3. The molecule has 9 heteroatoms. The number of benzene rings is 1. The van der Waals surface area contributed by atoms with Crippen LogP contribution in [0.2, 0.25) is 0 Å². The highest BCUT2D eigenvalue weighted by Crippen LogP contribution is 2.30. The molecule has 0 aliphatic carbocycles. The third-order valence-corrected chi connectivity index (χ3v) is 2.57. The summed E-state index contributed by atoms with van der Waals surface area (Å²) in [5.41, 5.74) is -0.0958. The molecule has 2 rings (SSSR count).